The van der Waals surface area contributed by atoms with E-state index in [4.69, 9.17) is 9.47 Å². The van der Waals surface area contributed by atoms with Gasteiger partial charge in [0.1, 0.15) is 0 Å². The third-order valence-electron chi connectivity index (χ3n) is 3.73. The van der Waals surface area contributed by atoms with Crippen LogP contribution in [0.2, 0.25) is 0 Å². The van der Waals surface area contributed by atoms with Gasteiger partial charge in [0.05, 0.1) is 25.2 Å². The molecule has 0 atom stereocenters. The number of morpholine rings is 1. The first-order chi connectivity index (χ1) is 8.77. The summed E-state index contributed by atoms with van der Waals surface area (Å²) in [6, 6.07) is 0. The van der Waals surface area contributed by atoms with E-state index in [-0.39, 0.29) is 11.3 Å². The van der Waals surface area contributed by atoms with Crippen LogP contribution in [-0.4, -0.2) is 64.0 Å². The summed E-state index contributed by atoms with van der Waals surface area (Å²) in [5.41, 5.74) is 2.64. The summed E-state index contributed by atoms with van der Waals surface area (Å²) < 4.78 is 10.5. The molecule has 1 amide bonds. The number of rotatable bonds is 4. The third-order valence-corrected chi connectivity index (χ3v) is 3.73. The fraction of sp³-hybridized carbons (Fsp3) is 0.917. The predicted molar refractivity (Wildman–Crippen MR) is 66.9 cm³/mol. The molecular weight excluding hydrogens is 234 g/mol. The lowest BCUT2D eigenvalue weighted by molar-refractivity contribution is -0.143. The lowest BCUT2D eigenvalue weighted by atomic mass is 9.79. The average molecular weight is 257 g/mol. The molecule has 2 aliphatic heterocycles. The molecule has 6 heteroatoms. The Morgan fingerprint density at radius 1 is 1.39 bits per heavy atom. The van der Waals surface area contributed by atoms with E-state index in [1.807, 2.05) is 5.01 Å². The van der Waals surface area contributed by atoms with Gasteiger partial charge in [-0.25, -0.2) is 5.01 Å². The molecule has 2 N–H and O–H groups in total. The first kappa shape index (κ1) is 13.7. The fourth-order valence-electron chi connectivity index (χ4n) is 2.56. The van der Waals surface area contributed by atoms with Crippen molar-refractivity contribution in [1.82, 2.24) is 15.8 Å². The van der Waals surface area contributed by atoms with Crippen molar-refractivity contribution in [2.24, 2.45) is 5.41 Å². The van der Waals surface area contributed by atoms with Crippen LogP contribution in [0.1, 0.15) is 12.8 Å². The van der Waals surface area contributed by atoms with Crippen LogP contribution in [-0.2, 0) is 14.3 Å². The molecule has 0 bridgehead atoms. The summed E-state index contributed by atoms with van der Waals surface area (Å²) in [6.07, 6.45) is 1.66. The van der Waals surface area contributed by atoms with E-state index in [1.165, 1.54) is 0 Å². The number of piperidine rings is 1. The number of ether oxygens (including phenoxy) is 2. The molecule has 0 aliphatic carbocycles. The van der Waals surface area contributed by atoms with Crippen molar-refractivity contribution >= 4 is 5.91 Å². The zero-order valence-corrected chi connectivity index (χ0v) is 11.0. The Labute approximate surface area is 108 Å². The van der Waals surface area contributed by atoms with E-state index < -0.39 is 0 Å². The van der Waals surface area contributed by atoms with Gasteiger partial charge in [-0.3, -0.25) is 10.2 Å². The molecule has 6 nitrogen and oxygen atoms in total. The standard InChI is InChI=1S/C12H23N3O3/c1-17-10-12(2-4-13-5-3-12)11(16)14-15-6-8-18-9-7-15/h13H,2-10H2,1H3,(H,14,16). The number of methoxy groups -OCH3 is 1. The number of nitrogens with zero attached hydrogens (tertiary/aromatic N) is 1. The van der Waals surface area contributed by atoms with Crippen LogP contribution < -0.4 is 10.7 Å². The highest BCUT2D eigenvalue weighted by atomic mass is 16.5. The smallest absolute Gasteiger partial charge is 0.242 e. The molecule has 0 spiro atoms. The monoisotopic (exact) mass is 257 g/mol. The van der Waals surface area contributed by atoms with Crippen molar-refractivity contribution < 1.29 is 14.3 Å². The van der Waals surface area contributed by atoms with Gasteiger partial charge in [-0.05, 0) is 25.9 Å². The van der Waals surface area contributed by atoms with Crippen molar-refractivity contribution in [2.45, 2.75) is 12.8 Å². The second-order valence-electron chi connectivity index (χ2n) is 5.00. The molecule has 0 radical (unpaired) electrons. The van der Waals surface area contributed by atoms with E-state index in [2.05, 4.69) is 10.7 Å². The summed E-state index contributed by atoms with van der Waals surface area (Å²) in [5.74, 6) is 0.0905. The highest BCUT2D eigenvalue weighted by Gasteiger charge is 2.40. The Morgan fingerprint density at radius 3 is 2.67 bits per heavy atom. The van der Waals surface area contributed by atoms with Crippen molar-refractivity contribution in [2.75, 3.05) is 53.1 Å². The summed E-state index contributed by atoms with van der Waals surface area (Å²) in [7, 11) is 1.66. The maximum atomic E-state index is 12.5. The van der Waals surface area contributed by atoms with E-state index >= 15 is 0 Å². The zero-order chi connectivity index (χ0) is 12.8. The molecule has 0 aromatic carbocycles. The van der Waals surface area contributed by atoms with Gasteiger partial charge < -0.3 is 14.8 Å². The van der Waals surface area contributed by atoms with Gasteiger partial charge in [-0.2, -0.15) is 0 Å². The Balaban J connectivity index is 1.94. The summed E-state index contributed by atoms with van der Waals surface area (Å²) >= 11 is 0. The van der Waals surface area contributed by atoms with Crippen molar-refractivity contribution in [3.05, 3.63) is 0 Å². The Morgan fingerprint density at radius 2 is 2.06 bits per heavy atom. The minimum atomic E-state index is -0.377. The minimum Gasteiger partial charge on any atom is -0.384 e. The van der Waals surface area contributed by atoms with Gasteiger partial charge in [0.25, 0.3) is 0 Å². The maximum absolute atomic E-state index is 12.5. The van der Waals surface area contributed by atoms with Crippen LogP contribution in [0.5, 0.6) is 0 Å². The van der Waals surface area contributed by atoms with E-state index in [1.54, 1.807) is 7.11 Å². The number of hydrazine groups is 1. The lowest BCUT2D eigenvalue weighted by Crippen LogP contribution is -2.56. The van der Waals surface area contributed by atoms with Gasteiger partial charge in [0.15, 0.2) is 0 Å². The van der Waals surface area contributed by atoms with Crippen molar-refractivity contribution in [1.29, 1.82) is 0 Å². The van der Waals surface area contributed by atoms with Crippen molar-refractivity contribution in [3.63, 3.8) is 0 Å². The second-order valence-corrected chi connectivity index (χ2v) is 5.00. The number of carbonyl (C=O) groups excluding carboxylic acids is 1. The van der Waals surface area contributed by atoms with Crippen LogP contribution >= 0.6 is 0 Å². The summed E-state index contributed by atoms with van der Waals surface area (Å²) in [4.78, 5) is 12.5. The predicted octanol–water partition coefficient (Wildman–Crippen LogP) is -0.634. The van der Waals surface area contributed by atoms with E-state index in [9.17, 15) is 4.79 Å². The normalized spacial score (nSPS) is 24.7. The summed E-state index contributed by atoms with van der Waals surface area (Å²) in [5, 5.41) is 5.24. The Kier molecular flexibility index (Phi) is 4.94. The van der Waals surface area contributed by atoms with Gasteiger partial charge in [0.2, 0.25) is 5.91 Å². The molecule has 2 rings (SSSR count). The van der Waals surface area contributed by atoms with Gasteiger partial charge in [-0.15, -0.1) is 0 Å². The van der Waals surface area contributed by atoms with Crippen LogP contribution in [0.4, 0.5) is 0 Å². The highest BCUT2D eigenvalue weighted by Crippen LogP contribution is 2.29. The lowest BCUT2D eigenvalue weighted by Gasteiger charge is -2.38. The van der Waals surface area contributed by atoms with Crippen molar-refractivity contribution in [3.8, 4) is 0 Å². The largest absolute Gasteiger partial charge is 0.384 e. The molecule has 0 saturated carbocycles. The molecule has 0 aromatic heterocycles. The molecule has 2 fully saturated rings. The first-order valence-corrected chi connectivity index (χ1v) is 6.60. The molecular formula is C12H23N3O3. The molecule has 18 heavy (non-hydrogen) atoms. The second kappa shape index (κ2) is 6.47. The number of amides is 1. The van der Waals surface area contributed by atoms with E-state index in [0.717, 1.165) is 39.0 Å². The number of hydrogen-bond donors (Lipinski definition) is 2. The molecule has 0 unspecified atom stereocenters. The number of carbonyl (C=O) groups is 1. The fourth-order valence-corrected chi connectivity index (χ4v) is 2.56. The minimum absolute atomic E-state index is 0.0905. The zero-order valence-electron chi connectivity index (χ0n) is 11.0. The van der Waals surface area contributed by atoms with Gasteiger partial charge in [0, 0.05) is 20.2 Å². The molecule has 2 aliphatic rings. The molecule has 2 heterocycles. The number of nitrogens with one attached hydrogen (secondary N) is 2. The van der Waals surface area contributed by atoms with Crippen LogP contribution in [0, 0.1) is 5.41 Å². The van der Waals surface area contributed by atoms with Crippen LogP contribution in [0.3, 0.4) is 0 Å². The maximum Gasteiger partial charge on any atom is 0.242 e. The topological polar surface area (TPSA) is 62.8 Å². The Hall–Kier alpha value is -0.690. The number of hydrogen-bond acceptors (Lipinski definition) is 5. The highest BCUT2D eigenvalue weighted by molar-refractivity contribution is 5.82. The third kappa shape index (κ3) is 3.20. The first-order valence-electron chi connectivity index (χ1n) is 6.60. The quantitative estimate of drug-likeness (QED) is 0.702. The molecule has 0 aromatic rings. The summed E-state index contributed by atoms with van der Waals surface area (Å²) in [6.45, 7) is 5.11. The van der Waals surface area contributed by atoms with Gasteiger partial charge >= 0.3 is 0 Å². The molecule has 104 valence electrons. The average Bonchev–Trinajstić information content (AvgIpc) is 2.41. The van der Waals surface area contributed by atoms with E-state index in [0.29, 0.717) is 19.8 Å². The Bertz CT molecular complexity index is 268. The molecule has 2 saturated heterocycles. The van der Waals surface area contributed by atoms with Crippen LogP contribution in [0.25, 0.3) is 0 Å². The van der Waals surface area contributed by atoms with Gasteiger partial charge in [-0.1, -0.05) is 0 Å². The van der Waals surface area contributed by atoms with Crippen LogP contribution in [0.15, 0.2) is 0 Å². The SMILES string of the molecule is COCC1(C(=O)NN2CCOCC2)CCNCC1.